The average Bonchev–Trinajstić information content (AvgIpc) is 3.32. The predicted molar refractivity (Wildman–Crippen MR) is 111 cm³/mol. The van der Waals surface area contributed by atoms with Crippen LogP contribution in [0.2, 0.25) is 0 Å². The monoisotopic (exact) mass is 372 g/mol. The number of esters is 1. The van der Waals surface area contributed by atoms with E-state index in [-0.39, 0.29) is 17.8 Å². The smallest absolute Gasteiger partial charge is 0.334 e. The van der Waals surface area contributed by atoms with Gasteiger partial charge in [-0.25, -0.2) is 4.79 Å². The minimum absolute atomic E-state index is 0.200. The highest BCUT2D eigenvalue weighted by atomic mass is 32.1. The van der Waals surface area contributed by atoms with Crippen LogP contribution in [0.25, 0.3) is 20.5 Å². The van der Waals surface area contributed by atoms with Gasteiger partial charge < -0.3 is 4.74 Å². The Morgan fingerprint density at radius 3 is 2.74 bits per heavy atom. The van der Waals surface area contributed by atoms with Gasteiger partial charge in [0.05, 0.1) is 7.11 Å². The van der Waals surface area contributed by atoms with E-state index in [1.54, 1.807) is 0 Å². The zero-order chi connectivity index (χ0) is 18.4. The van der Waals surface area contributed by atoms with E-state index in [0.717, 1.165) is 12.0 Å². The fourth-order valence-corrected chi connectivity index (χ4v) is 5.56. The molecule has 2 aliphatic carbocycles. The maximum absolute atomic E-state index is 12.3. The minimum Gasteiger partial charge on any atom is -0.466 e. The maximum Gasteiger partial charge on any atom is 0.334 e. The summed E-state index contributed by atoms with van der Waals surface area (Å²) in [5, 5.41) is 1.28. The first kappa shape index (κ1) is 16.5. The number of benzene rings is 2. The molecule has 0 aliphatic heterocycles. The van der Waals surface area contributed by atoms with Gasteiger partial charge in [-0.15, -0.1) is 11.3 Å². The van der Waals surface area contributed by atoms with E-state index < -0.39 is 0 Å². The van der Waals surface area contributed by atoms with Crippen LogP contribution in [0.5, 0.6) is 0 Å². The third-order valence-electron chi connectivity index (χ3n) is 5.77. The Kier molecular flexibility index (Phi) is 3.98. The summed E-state index contributed by atoms with van der Waals surface area (Å²) >= 11 is 1.83. The molecular weight excluding hydrogens is 352 g/mol. The lowest BCUT2D eigenvalue weighted by atomic mass is 9.75. The van der Waals surface area contributed by atoms with Gasteiger partial charge >= 0.3 is 5.97 Å². The number of carbonyl (C=O) groups is 1. The van der Waals surface area contributed by atoms with Gasteiger partial charge in [0, 0.05) is 27.0 Å². The molecule has 0 saturated heterocycles. The number of hydrogen-bond donors (Lipinski definition) is 0. The van der Waals surface area contributed by atoms with E-state index in [4.69, 9.17) is 4.74 Å². The molecule has 0 spiro atoms. The highest BCUT2D eigenvalue weighted by molar-refractivity contribution is 7.22. The first-order chi connectivity index (χ1) is 13.2. The van der Waals surface area contributed by atoms with E-state index in [1.807, 2.05) is 11.3 Å². The van der Waals surface area contributed by atoms with Gasteiger partial charge in [-0.3, -0.25) is 0 Å². The highest BCUT2D eigenvalue weighted by Gasteiger charge is 2.37. The summed E-state index contributed by atoms with van der Waals surface area (Å²) in [6, 6.07) is 19.4. The molecule has 2 nitrogen and oxygen atoms in total. The summed E-state index contributed by atoms with van der Waals surface area (Å²) in [6.07, 6.45) is 7.60. The molecule has 3 aromatic rings. The number of ether oxygens (including phenoxy) is 1. The molecule has 2 aliphatic rings. The summed E-state index contributed by atoms with van der Waals surface area (Å²) in [5.41, 5.74) is 3.36. The van der Waals surface area contributed by atoms with Gasteiger partial charge in [0.2, 0.25) is 0 Å². The van der Waals surface area contributed by atoms with Gasteiger partial charge in [-0.05, 0) is 41.0 Å². The molecule has 0 N–H and O–H groups in total. The average molecular weight is 372 g/mol. The molecule has 2 bridgehead atoms. The van der Waals surface area contributed by atoms with Crippen LogP contribution in [0, 0.1) is 11.8 Å². The summed E-state index contributed by atoms with van der Waals surface area (Å²) in [5.74, 6) is 0.652. The molecule has 1 aromatic heterocycles. The molecule has 134 valence electrons. The van der Waals surface area contributed by atoms with Gasteiger partial charge in [-0.1, -0.05) is 60.7 Å². The zero-order valence-corrected chi connectivity index (χ0v) is 15.9. The van der Waals surface area contributed by atoms with Crippen LogP contribution in [-0.2, 0) is 9.53 Å². The Morgan fingerprint density at radius 2 is 1.89 bits per heavy atom. The third kappa shape index (κ3) is 2.74. The maximum atomic E-state index is 12.3. The highest BCUT2D eigenvalue weighted by Crippen LogP contribution is 2.48. The van der Waals surface area contributed by atoms with Crippen molar-refractivity contribution >= 4 is 27.4 Å². The molecule has 0 radical (unpaired) electrons. The normalized spacial score (nSPS) is 23.4. The number of thiophene rings is 1. The SMILES string of the molecule is COC(=O)C1=C[C@H](c2ccccc2-c2cc3ccccc3s2)[C@@H]2C=C[C@H]1C2. The van der Waals surface area contributed by atoms with Crippen LogP contribution in [0.4, 0.5) is 0 Å². The molecule has 0 unspecified atom stereocenters. The van der Waals surface area contributed by atoms with E-state index in [0.29, 0.717) is 5.92 Å². The Bertz CT molecular complexity index is 1060. The summed E-state index contributed by atoms with van der Waals surface area (Å²) in [4.78, 5) is 13.6. The minimum atomic E-state index is -0.200. The lowest BCUT2D eigenvalue weighted by Crippen LogP contribution is -2.21. The lowest BCUT2D eigenvalue weighted by molar-refractivity contribution is -0.136. The second kappa shape index (κ2) is 6.50. The lowest BCUT2D eigenvalue weighted by Gasteiger charge is -2.29. The molecule has 5 rings (SSSR count). The summed E-state index contributed by atoms with van der Waals surface area (Å²) < 4.78 is 6.34. The van der Waals surface area contributed by atoms with Crippen molar-refractivity contribution in [2.24, 2.45) is 11.8 Å². The van der Waals surface area contributed by atoms with Gasteiger partial charge in [0.25, 0.3) is 0 Å². The number of hydrogen-bond acceptors (Lipinski definition) is 3. The van der Waals surface area contributed by atoms with Crippen LogP contribution in [0.1, 0.15) is 17.9 Å². The number of fused-ring (bicyclic) bond motifs is 3. The van der Waals surface area contributed by atoms with E-state index in [9.17, 15) is 4.79 Å². The molecule has 3 atom stereocenters. The number of carbonyl (C=O) groups excluding carboxylic acids is 1. The third-order valence-corrected chi connectivity index (χ3v) is 6.92. The van der Waals surface area contributed by atoms with Crippen LogP contribution in [-0.4, -0.2) is 13.1 Å². The Morgan fingerprint density at radius 1 is 1.07 bits per heavy atom. The van der Waals surface area contributed by atoms with Crippen LogP contribution in [0.15, 0.2) is 78.4 Å². The molecule has 2 aromatic carbocycles. The molecule has 0 amide bonds. The number of rotatable bonds is 3. The molecule has 0 saturated carbocycles. The topological polar surface area (TPSA) is 26.3 Å². The molecule has 0 fully saturated rings. The first-order valence-corrected chi connectivity index (χ1v) is 10.1. The predicted octanol–water partition coefficient (Wildman–Crippen LogP) is 5.96. The van der Waals surface area contributed by atoms with E-state index in [1.165, 1.54) is 33.2 Å². The van der Waals surface area contributed by atoms with Crippen molar-refractivity contribution in [3.63, 3.8) is 0 Å². The quantitative estimate of drug-likeness (QED) is 0.419. The second-order valence-electron chi connectivity index (χ2n) is 7.27. The summed E-state index contributed by atoms with van der Waals surface area (Å²) in [7, 11) is 1.47. The Labute approximate surface area is 162 Å². The van der Waals surface area contributed by atoms with E-state index >= 15 is 0 Å². The van der Waals surface area contributed by atoms with Crippen LogP contribution >= 0.6 is 11.3 Å². The second-order valence-corrected chi connectivity index (χ2v) is 8.35. The Balaban J connectivity index is 1.64. The fourth-order valence-electron chi connectivity index (χ4n) is 4.45. The van der Waals surface area contributed by atoms with Gasteiger partial charge in [0.15, 0.2) is 0 Å². The Hall–Kier alpha value is -2.65. The van der Waals surface area contributed by atoms with Crippen LogP contribution < -0.4 is 0 Å². The summed E-state index contributed by atoms with van der Waals surface area (Å²) in [6.45, 7) is 0. The number of allylic oxidation sites excluding steroid dienone is 3. The van der Waals surface area contributed by atoms with Crippen molar-refractivity contribution in [1.82, 2.24) is 0 Å². The van der Waals surface area contributed by atoms with Gasteiger partial charge in [-0.2, -0.15) is 0 Å². The van der Waals surface area contributed by atoms with E-state index in [2.05, 4.69) is 72.8 Å². The van der Waals surface area contributed by atoms with Crippen molar-refractivity contribution in [3.8, 4) is 10.4 Å². The van der Waals surface area contributed by atoms with Crippen molar-refractivity contribution in [2.45, 2.75) is 12.3 Å². The first-order valence-electron chi connectivity index (χ1n) is 9.31. The molecule has 1 heterocycles. The molecule has 27 heavy (non-hydrogen) atoms. The standard InChI is InChI=1S/C24H20O2S/c1-26-24(25)21-14-20(15-10-11-16(21)12-15)18-7-3-4-8-19(18)23-13-17-6-2-5-9-22(17)27-23/h2-11,13-16,20H,12H2,1H3/t15-,16+,20+/m1/s1. The zero-order valence-electron chi connectivity index (χ0n) is 15.1. The largest absolute Gasteiger partial charge is 0.466 e. The van der Waals surface area contributed by atoms with Crippen molar-refractivity contribution in [1.29, 1.82) is 0 Å². The molecular formula is C24H20O2S. The van der Waals surface area contributed by atoms with Crippen molar-refractivity contribution < 1.29 is 9.53 Å². The fraction of sp³-hybridized carbons (Fsp3) is 0.208. The van der Waals surface area contributed by atoms with Crippen molar-refractivity contribution in [2.75, 3.05) is 7.11 Å². The van der Waals surface area contributed by atoms with Crippen LogP contribution in [0.3, 0.4) is 0 Å². The number of methoxy groups -OCH3 is 1. The van der Waals surface area contributed by atoms with Crippen molar-refractivity contribution in [3.05, 3.63) is 84.0 Å². The van der Waals surface area contributed by atoms with Gasteiger partial charge in [0.1, 0.15) is 0 Å². The molecule has 3 heteroatoms.